The Kier molecular flexibility index (Phi) is 14.3. The van der Waals surface area contributed by atoms with Crippen LogP contribution in [0.3, 0.4) is 0 Å². The average Bonchev–Trinajstić information content (AvgIpc) is 2.62. The lowest BCUT2D eigenvalue weighted by Crippen LogP contribution is -2.39. The summed E-state index contributed by atoms with van der Waals surface area (Å²) in [5.41, 5.74) is 1.17. The summed E-state index contributed by atoms with van der Waals surface area (Å²) < 4.78 is 20.9. The van der Waals surface area contributed by atoms with Gasteiger partial charge in [-0.15, -0.1) is 24.0 Å². The highest BCUT2D eigenvalue weighted by Gasteiger charge is 2.04. The first kappa shape index (κ1) is 23.7. The fraction of sp³-hybridized carbons (Fsp3) is 0.588. The molecule has 0 saturated heterocycles. The zero-order valence-corrected chi connectivity index (χ0v) is 17.8. The van der Waals surface area contributed by atoms with Crippen LogP contribution in [-0.2, 0) is 15.9 Å². The molecule has 0 bridgehead atoms. The van der Waals surface area contributed by atoms with Gasteiger partial charge in [-0.25, -0.2) is 0 Å². The van der Waals surface area contributed by atoms with E-state index in [2.05, 4.69) is 15.6 Å². The molecule has 0 aliphatic carbocycles. The van der Waals surface area contributed by atoms with Crippen molar-refractivity contribution < 1.29 is 18.9 Å². The van der Waals surface area contributed by atoms with Crippen LogP contribution in [0.15, 0.2) is 23.2 Å². The van der Waals surface area contributed by atoms with Crippen molar-refractivity contribution in [3.8, 4) is 11.5 Å². The number of hydrogen-bond acceptors (Lipinski definition) is 5. The van der Waals surface area contributed by atoms with E-state index in [0.717, 1.165) is 30.4 Å². The largest absolute Gasteiger partial charge is 0.493 e. The summed E-state index contributed by atoms with van der Waals surface area (Å²) in [5, 5.41) is 6.47. The van der Waals surface area contributed by atoms with Gasteiger partial charge in [-0.05, 0) is 24.1 Å². The van der Waals surface area contributed by atoms with E-state index in [0.29, 0.717) is 26.4 Å². The molecule has 25 heavy (non-hydrogen) atoms. The summed E-state index contributed by atoms with van der Waals surface area (Å²) in [6.07, 6.45) is 0.853. The van der Waals surface area contributed by atoms with Crippen LogP contribution in [0.5, 0.6) is 11.5 Å². The Morgan fingerprint density at radius 2 is 1.68 bits per heavy atom. The zero-order valence-electron chi connectivity index (χ0n) is 15.5. The molecule has 2 N–H and O–H groups in total. The van der Waals surface area contributed by atoms with Gasteiger partial charge in [0.05, 0.1) is 34.0 Å². The van der Waals surface area contributed by atoms with E-state index < -0.39 is 0 Å². The van der Waals surface area contributed by atoms with Crippen LogP contribution in [0, 0.1) is 0 Å². The number of nitrogens with zero attached hydrogens (tertiary/aromatic N) is 1. The van der Waals surface area contributed by atoms with Crippen molar-refractivity contribution in [1.29, 1.82) is 0 Å². The van der Waals surface area contributed by atoms with Crippen molar-refractivity contribution in [3.05, 3.63) is 23.8 Å². The molecule has 0 aliphatic rings. The van der Waals surface area contributed by atoms with Crippen LogP contribution in [0.1, 0.15) is 5.56 Å². The Hall–Kier alpha value is -1.26. The van der Waals surface area contributed by atoms with E-state index in [1.54, 1.807) is 28.4 Å². The number of benzene rings is 1. The summed E-state index contributed by atoms with van der Waals surface area (Å²) in [6, 6.07) is 5.93. The molecule has 0 unspecified atom stereocenters. The first-order chi connectivity index (χ1) is 11.7. The molecule has 144 valence electrons. The van der Waals surface area contributed by atoms with E-state index in [1.165, 1.54) is 5.56 Å². The minimum atomic E-state index is 0. The highest BCUT2D eigenvalue weighted by Crippen LogP contribution is 2.27. The van der Waals surface area contributed by atoms with Crippen LogP contribution in [-0.4, -0.2) is 67.2 Å². The van der Waals surface area contributed by atoms with Gasteiger partial charge in [-0.3, -0.25) is 4.99 Å². The molecule has 0 aliphatic heterocycles. The maximum Gasteiger partial charge on any atom is 0.191 e. The molecule has 0 saturated carbocycles. The Morgan fingerprint density at radius 1 is 0.960 bits per heavy atom. The topological polar surface area (TPSA) is 73.3 Å². The second-order valence-corrected chi connectivity index (χ2v) is 4.97. The minimum Gasteiger partial charge on any atom is -0.493 e. The van der Waals surface area contributed by atoms with Crippen LogP contribution >= 0.6 is 24.0 Å². The summed E-state index contributed by atoms with van der Waals surface area (Å²) in [6.45, 7) is 3.28. The molecular formula is C17H30IN3O4. The molecule has 0 amide bonds. The summed E-state index contributed by atoms with van der Waals surface area (Å²) in [5.74, 6) is 2.23. The Labute approximate surface area is 167 Å². The third kappa shape index (κ3) is 9.71. The third-order valence-corrected chi connectivity index (χ3v) is 3.35. The summed E-state index contributed by atoms with van der Waals surface area (Å²) >= 11 is 0. The maximum atomic E-state index is 5.39. The minimum absolute atomic E-state index is 0. The Morgan fingerprint density at radius 3 is 2.32 bits per heavy atom. The van der Waals surface area contributed by atoms with Crippen molar-refractivity contribution in [2.45, 2.75) is 6.42 Å². The predicted octanol–water partition coefficient (Wildman–Crippen LogP) is 1.69. The predicted molar refractivity (Wildman–Crippen MR) is 111 cm³/mol. The number of methoxy groups -OCH3 is 3. The number of hydrogen-bond donors (Lipinski definition) is 2. The van der Waals surface area contributed by atoms with Gasteiger partial charge in [-0.1, -0.05) is 6.07 Å². The highest BCUT2D eigenvalue weighted by atomic mass is 127. The lowest BCUT2D eigenvalue weighted by molar-refractivity contribution is 0.0733. The first-order valence-electron chi connectivity index (χ1n) is 7.97. The van der Waals surface area contributed by atoms with Gasteiger partial charge < -0.3 is 29.6 Å². The van der Waals surface area contributed by atoms with Gasteiger partial charge in [0, 0.05) is 27.2 Å². The second kappa shape index (κ2) is 15.0. The molecule has 7 nitrogen and oxygen atoms in total. The average molecular weight is 467 g/mol. The third-order valence-electron chi connectivity index (χ3n) is 3.35. The summed E-state index contributed by atoms with van der Waals surface area (Å²) in [7, 11) is 6.68. The van der Waals surface area contributed by atoms with Crippen molar-refractivity contribution in [3.63, 3.8) is 0 Å². The fourth-order valence-corrected chi connectivity index (χ4v) is 2.07. The molecule has 0 aromatic heterocycles. The standard InChI is InChI=1S/C17H29N3O4.HI/c1-18-17(20-9-10-24-12-11-21-2)19-8-7-14-5-6-15(22-3)16(13-14)23-4;/h5-6,13H,7-12H2,1-4H3,(H2,18,19,20);1H. The molecule has 0 atom stereocenters. The molecule has 1 aromatic carbocycles. The summed E-state index contributed by atoms with van der Waals surface area (Å²) in [4.78, 5) is 4.18. The van der Waals surface area contributed by atoms with Crippen LogP contribution in [0.25, 0.3) is 0 Å². The quantitative estimate of drug-likeness (QED) is 0.224. The molecule has 0 spiro atoms. The van der Waals surface area contributed by atoms with E-state index in [-0.39, 0.29) is 24.0 Å². The van der Waals surface area contributed by atoms with Gasteiger partial charge in [0.15, 0.2) is 17.5 Å². The molecule has 0 fully saturated rings. The monoisotopic (exact) mass is 467 g/mol. The highest BCUT2D eigenvalue weighted by molar-refractivity contribution is 14.0. The Bertz CT molecular complexity index is 501. The van der Waals surface area contributed by atoms with E-state index >= 15 is 0 Å². The number of rotatable bonds is 11. The lowest BCUT2D eigenvalue weighted by Gasteiger charge is -2.13. The van der Waals surface area contributed by atoms with Gasteiger partial charge in [-0.2, -0.15) is 0 Å². The van der Waals surface area contributed by atoms with Gasteiger partial charge in [0.2, 0.25) is 0 Å². The lowest BCUT2D eigenvalue weighted by atomic mass is 10.1. The van der Waals surface area contributed by atoms with E-state index in [9.17, 15) is 0 Å². The molecule has 8 heteroatoms. The van der Waals surface area contributed by atoms with Crippen molar-refractivity contribution >= 4 is 29.9 Å². The van der Waals surface area contributed by atoms with E-state index in [4.69, 9.17) is 18.9 Å². The van der Waals surface area contributed by atoms with E-state index in [1.807, 2.05) is 18.2 Å². The molecular weight excluding hydrogens is 437 g/mol. The van der Waals surface area contributed by atoms with Crippen LogP contribution in [0.2, 0.25) is 0 Å². The molecule has 1 aromatic rings. The molecule has 1 rings (SSSR count). The SMILES string of the molecule is CN=C(NCCOCCOC)NCCc1ccc(OC)c(OC)c1.I. The van der Waals surface area contributed by atoms with Crippen LogP contribution < -0.4 is 20.1 Å². The zero-order chi connectivity index (χ0) is 17.6. The number of aliphatic imine (C=N–C) groups is 1. The second-order valence-electron chi connectivity index (χ2n) is 4.97. The number of guanidine groups is 1. The van der Waals surface area contributed by atoms with Crippen molar-refractivity contribution in [2.75, 3.05) is 61.3 Å². The smallest absolute Gasteiger partial charge is 0.191 e. The van der Waals surface area contributed by atoms with Gasteiger partial charge in [0.25, 0.3) is 0 Å². The van der Waals surface area contributed by atoms with Crippen molar-refractivity contribution in [2.24, 2.45) is 4.99 Å². The Balaban J connectivity index is 0.00000576. The normalized spacial score (nSPS) is 10.8. The van der Waals surface area contributed by atoms with Gasteiger partial charge >= 0.3 is 0 Å². The molecule has 0 radical (unpaired) electrons. The maximum absolute atomic E-state index is 5.39. The fourth-order valence-electron chi connectivity index (χ4n) is 2.07. The number of nitrogens with one attached hydrogen (secondary N) is 2. The van der Waals surface area contributed by atoms with Crippen LogP contribution in [0.4, 0.5) is 0 Å². The van der Waals surface area contributed by atoms with Crippen molar-refractivity contribution in [1.82, 2.24) is 10.6 Å². The van der Waals surface area contributed by atoms with Gasteiger partial charge in [0.1, 0.15) is 0 Å². The molecule has 0 heterocycles. The number of ether oxygens (including phenoxy) is 4. The number of halogens is 1. The first-order valence-corrected chi connectivity index (χ1v) is 7.97.